The lowest BCUT2D eigenvalue weighted by Gasteiger charge is -2.25. The summed E-state index contributed by atoms with van der Waals surface area (Å²) in [6, 6.07) is 20.4. The second-order valence-corrected chi connectivity index (χ2v) is 10.8. The monoisotopic (exact) mass is 477 g/mol. The van der Waals surface area contributed by atoms with Gasteiger partial charge in [0.1, 0.15) is 0 Å². The first-order valence-electron chi connectivity index (χ1n) is 10.9. The molecule has 1 fully saturated rings. The average molecular weight is 478 g/mol. The molecule has 5 rings (SSSR count). The van der Waals surface area contributed by atoms with Gasteiger partial charge in [0.05, 0.1) is 10.6 Å². The molecule has 1 N–H and O–H groups in total. The Bertz CT molecular complexity index is 1410. The van der Waals surface area contributed by atoms with E-state index >= 15 is 0 Å². The van der Waals surface area contributed by atoms with Crippen LogP contribution in [0.1, 0.15) is 29.6 Å². The standard InChI is InChI=1S/C25H23N3O3S2/c29-24(19-10-12-22(13-11-19)33(30,31)28-14-4-1-5-15-28)27-25-26-23(17-32-25)21-9-8-18-6-2-3-7-20(18)16-21/h2-3,6-13,16-17H,1,4-5,14-15H2,(H,26,27,29). The minimum absolute atomic E-state index is 0.216. The van der Waals surface area contributed by atoms with Crippen LogP contribution in [0.4, 0.5) is 5.13 Å². The molecule has 8 heteroatoms. The van der Waals surface area contributed by atoms with E-state index in [1.807, 2.05) is 23.6 Å². The SMILES string of the molecule is O=C(Nc1nc(-c2ccc3ccccc3c2)cs1)c1ccc(S(=O)(=O)N2CCCCC2)cc1. The van der Waals surface area contributed by atoms with Crippen LogP contribution in [-0.4, -0.2) is 36.7 Å². The summed E-state index contributed by atoms with van der Waals surface area (Å²) in [6.45, 7) is 1.10. The fraction of sp³-hybridized carbons (Fsp3) is 0.200. The van der Waals surface area contributed by atoms with Crippen LogP contribution in [0.3, 0.4) is 0 Å². The quantitative estimate of drug-likeness (QED) is 0.418. The summed E-state index contributed by atoms with van der Waals surface area (Å²) in [5.74, 6) is -0.323. The Hall–Kier alpha value is -3.07. The van der Waals surface area contributed by atoms with E-state index in [2.05, 4.69) is 34.6 Å². The Morgan fingerprint density at radius 2 is 1.64 bits per heavy atom. The maximum absolute atomic E-state index is 12.8. The van der Waals surface area contributed by atoms with Crippen LogP contribution < -0.4 is 5.32 Å². The first kappa shape index (κ1) is 21.8. The maximum atomic E-state index is 12.8. The molecule has 0 radical (unpaired) electrons. The van der Waals surface area contributed by atoms with Gasteiger partial charge in [-0.25, -0.2) is 13.4 Å². The molecule has 1 saturated heterocycles. The molecule has 1 amide bonds. The van der Waals surface area contributed by atoms with Crippen molar-refractivity contribution in [3.8, 4) is 11.3 Å². The number of hydrogen-bond donors (Lipinski definition) is 1. The molecule has 1 aliphatic heterocycles. The molecule has 33 heavy (non-hydrogen) atoms. The Morgan fingerprint density at radius 1 is 0.909 bits per heavy atom. The van der Waals surface area contributed by atoms with Crippen molar-refractivity contribution in [3.63, 3.8) is 0 Å². The number of benzene rings is 3. The molecule has 1 aliphatic rings. The van der Waals surface area contributed by atoms with Gasteiger partial charge in [0, 0.05) is 29.6 Å². The second kappa shape index (κ2) is 9.05. The van der Waals surface area contributed by atoms with Gasteiger partial charge in [0.2, 0.25) is 10.0 Å². The highest BCUT2D eigenvalue weighted by Gasteiger charge is 2.26. The highest BCUT2D eigenvalue weighted by Crippen LogP contribution is 2.28. The topological polar surface area (TPSA) is 79.4 Å². The number of piperidine rings is 1. The van der Waals surface area contributed by atoms with E-state index in [9.17, 15) is 13.2 Å². The third-order valence-electron chi connectivity index (χ3n) is 5.84. The number of carbonyl (C=O) groups excluding carboxylic acids is 1. The van der Waals surface area contributed by atoms with Crippen molar-refractivity contribution in [2.45, 2.75) is 24.2 Å². The number of sulfonamides is 1. The van der Waals surface area contributed by atoms with Crippen LogP contribution in [0, 0.1) is 0 Å². The van der Waals surface area contributed by atoms with Crippen molar-refractivity contribution >= 4 is 43.2 Å². The summed E-state index contributed by atoms with van der Waals surface area (Å²) in [7, 11) is -3.52. The number of fused-ring (bicyclic) bond motifs is 1. The van der Waals surface area contributed by atoms with E-state index in [0.29, 0.717) is 23.8 Å². The normalized spacial score (nSPS) is 14.9. The highest BCUT2D eigenvalue weighted by molar-refractivity contribution is 7.89. The molecule has 6 nitrogen and oxygen atoms in total. The fourth-order valence-corrected chi connectivity index (χ4v) is 6.25. The summed E-state index contributed by atoms with van der Waals surface area (Å²) in [6.07, 6.45) is 2.83. The summed E-state index contributed by atoms with van der Waals surface area (Å²) in [5.41, 5.74) is 2.16. The number of rotatable bonds is 5. The van der Waals surface area contributed by atoms with Gasteiger partial charge in [0.25, 0.3) is 5.91 Å². The van der Waals surface area contributed by atoms with Crippen LogP contribution in [-0.2, 0) is 10.0 Å². The molecular weight excluding hydrogens is 454 g/mol. The first-order chi connectivity index (χ1) is 16.0. The molecule has 4 aromatic rings. The number of anilines is 1. The maximum Gasteiger partial charge on any atom is 0.257 e. The van der Waals surface area contributed by atoms with Gasteiger partial charge < -0.3 is 0 Å². The second-order valence-electron chi connectivity index (χ2n) is 8.04. The molecule has 0 unspecified atom stereocenters. The number of carbonyl (C=O) groups is 1. The zero-order valence-electron chi connectivity index (χ0n) is 17.9. The highest BCUT2D eigenvalue weighted by atomic mass is 32.2. The van der Waals surface area contributed by atoms with E-state index in [1.165, 1.54) is 27.8 Å². The molecule has 2 heterocycles. The lowest BCUT2D eigenvalue weighted by molar-refractivity contribution is 0.102. The smallest absolute Gasteiger partial charge is 0.257 e. The Labute approximate surface area is 197 Å². The van der Waals surface area contributed by atoms with Gasteiger partial charge in [-0.3, -0.25) is 10.1 Å². The molecule has 1 aromatic heterocycles. The van der Waals surface area contributed by atoms with Crippen molar-refractivity contribution in [2.24, 2.45) is 0 Å². The van der Waals surface area contributed by atoms with Gasteiger partial charge in [0.15, 0.2) is 5.13 Å². The number of nitrogens with one attached hydrogen (secondary N) is 1. The summed E-state index contributed by atoms with van der Waals surface area (Å²) >= 11 is 1.35. The molecule has 0 spiro atoms. The van der Waals surface area contributed by atoms with Crippen LogP contribution in [0.25, 0.3) is 22.0 Å². The van der Waals surface area contributed by atoms with E-state index in [-0.39, 0.29) is 10.8 Å². The van der Waals surface area contributed by atoms with Crippen molar-refractivity contribution in [3.05, 3.63) is 77.7 Å². The third kappa shape index (κ3) is 4.55. The van der Waals surface area contributed by atoms with E-state index in [0.717, 1.165) is 41.3 Å². The van der Waals surface area contributed by atoms with Gasteiger partial charge >= 0.3 is 0 Å². The molecule has 0 aliphatic carbocycles. The van der Waals surface area contributed by atoms with Crippen molar-refractivity contribution in [1.29, 1.82) is 0 Å². The van der Waals surface area contributed by atoms with Crippen molar-refractivity contribution < 1.29 is 13.2 Å². The van der Waals surface area contributed by atoms with Gasteiger partial charge in [-0.15, -0.1) is 11.3 Å². The minimum Gasteiger partial charge on any atom is -0.298 e. The average Bonchev–Trinajstić information content (AvgIpc) is 3.33. The van der Waals surface area contributed by atoms with E-state index < -0.39 is 10.0 Å². The predicted molar refractivity (Wildman–Crippen MR) is 132 cm³/mol. The predicted octanol–water partition coefficient (Wildman–Crippen LogP) is 5.39. The lowest BCUT2D eigenvalue weighted by Crippen LogP contribution is -2.35. The number of amides is 1. The fourth-order valence-electron chi connectivity index (χ4n) is 4.01. The Morgan fingerprint density at radius 3 is 2.39 bits per heavy atom. The van der Waals surface area contributed by atoms with Crippen LogP contribution in [0.5, 0.6) is 0 Å². The molecule has 168 valence electrons. The van der Waals surface area contributed by atoms with Crippen LogP contribution in [0.15, 0.2) is 77.0 Å². The first-order valence-corrected chi connectivity index (χ1v) is 13.2. The van der Waals surface area contributed by atoms with Gasteiger partial charge in [-0.05, 0) is 53.9 Å². The summed E-state index contributed by atoms with van der Waals surface area (Å²) in [5, 5.41) is 7.52. The van der Waals surface area contributed by atoms with Gasteiger partial charge in [-0.2, -0.15) is 4.31 Å². The van der Waals surface area contributed by atoms with E-state index in [1.54, 1.807) is 12.1 Å². The number of aromatic nitrogens is 1. The molecular formula is C25H23N3O3S2. The van der Waals surface area contributed by atoms with Crippen molar-refractivity contribution in [1.82, 2.24) is 9.29 Å². The van der Waals surface area contributed by atoms with Crippen molar-refractivity contribution in [2.75, 3.05) is 18.4 Å². The van der Waals surface area contributed by atoms with E-state index in [4.69, 9.17) is 0 Å². The Kier molecular flexibility index (Phi) is 5.97. The summed E-state index contributed by atoms with van der Waals surface area (Å²) < 4.78 is 27.1. The molecule has 0 bridgehead atoms. The van der Waals surface area contributed by atoms with Gasteiger partial charge in [-0.1, -0.05) is 42.8 Å². The number of hydrogen-bond acceptors (Lipinski definition) is 5. The number of thiazole rings is 1. The zero-order chi connectivity index (χ0) is 22.8. The third-order valence-corrected chi connectivity index (χ3v) is 8.51. The largest absolute Gasteiger partial charge is 0.298 e. The number of nitrogens with zero attached hydrogens (tertiary/aromatic N) is 2. The minimum atomic E-state index is -3.52. The van der Waals surface area contributed by atoms with Crippen LogP contribution in [0.2, 0.25) is 0 Å². The van der Waals surface area contributed by atoms with Crippen LogP contribution >= 0.6 is 11.3 Å². The molecule has 0 atom stereocenters. The summed E-state index contributed by atoms with van der Waals surface area (Å²) in [4.78, 5) is 17.5. The Balaban J connectivity index is 1.29. The molecule has 0 saturated carbocycles. The molecule has 3 aromatic carbocycles. The zero-order valence-corrected chi connectivity index (χ0v) is 19.5. The lowest BCUT2D eigenvalue weighted by atomic mass is 10.1.